The van der Waals surface area contributed by atoms with Gasteiger partial charge >= 0.3 is 0 Å². The first kappa shape index (κ1) is 12.7. The van der Waals surface area contributed by atoms with Crippen LogP contribution >= 0.6 is 0 Å². The Balaban J connectivity index is 2.72. The van der Waals surface area contributed by atoms with Crippen molar-refractivity contribution >= 4 is 5.91 Å². The van der Waals surface area contributed by atoms with E-state index in [1.54, 1.807) is 20.0 Å². The quantitative estimate of drug-likeness (QED) is 0.839. The lowest BCUT2D eigenvalue weighted by Gasteiger charge is -2.16. The Morgan fingerprint density at radius 3 is 2.62 bits per heavy atom. The fourth-order valence-electron chi connectivity index (χ4n) is 1.34. The lowest BCUT2D eigenvalue weighted by molar-refractivity contribution is 0.0693. The first-order valence-corrected chi connectivity index (χ1v) is 5.32. The second kappa shape index (κ2) is 5.12. The van der Waals surface area contributed by atoms with Crippen LogP contribution in [0.3, 0.4) is 0 Å². The normalized spacial score (nSPS) is 12.9. The molecule has 0 radical (unpaired) electrons. The van der Waals surface area contributed by atoms with Gasteiger partial charge in [0.15, 0.2) is 5.69 Å². The Bertz CT molecular complexity index is 358. The maximum absolute atomic E-state index is 11.8. The number of rotatable bonds is 4. The monoisotopic (exact) mass is 226 g/mol. The molecule has 1 unspecified atom stereocenters. The summed E-state index contributed by atoms with van der Waals surface area (Å²) in [7, 11) is 1.62. The van der Waals surface area contributed by atoms with Crippen LogP contribution in [0.2, 0.25) is 0 Å². The van der Waals surface area contributed by atoms with Crippen LogP contribution in [0.1, 0.15) is 42.9 Å². The van der Waals surface area contributed by atoms with E-state index in [0.29, 0.717) is 5.76 Å². The summed E-state index contributed by atoms with van der Waals surface area (Å²) in [4.78, 5) is 13.2. The van der Waals surface area contributed by atoms with Crippen molar-refractivity contribution in [2.75, 3.05) is 13.6 Å². The third-order valence-electron chi connectivity index (χ3n) is 2.20. The molecule has 0 aliphatic heterocycles. The SMILES string of the molecule is CC(O)CN(C)C(=O)c1cc(C(C)C)on1. The zero-order valence-corrected chi connectivity index (χ0v) is 10.1. The zero-order chi connectivity index (χ0) is 12.3. The molecule has 0 saturated heterocycles. The van der Waals surface area contributed by atoms with Crippen molar-refractivity contribution in [3.8, 4) is 0 Å². The van der Waals surface area contributed by atoms with Crippen molar-refractivity contribution in [1.82, 2.24) is 10.1 Å². The molecule has 1 N–H and O–H groups in total. The molecule has 1 atom stereocenters. The fourth-order valence-corrected chi connectivity index (χ4v) is 1.34. The van der Waals surface area contributed by atoms with Gasteiger partial charge in [-0.2, -0.15) is 0 Å². The molecule has 90 valence electrons. The van der Waals surface area contributed by atoms with Crippen LogP contribution in [0, 0.1) is 0 Å². The van der Waals surface area contributed by atoms with E-state index in [0.717, 1.165) is 0 Å². The summed E-state index contributed by atoms with van der Waals surface area (Å²) < 4.78 is 5.04. The van der Waals surface area contributed by atoms with Crippen molar-refractivity contribution in [3.05, 3.63) is 17.5 Å². The summed E-state index contributed by atoms with van der Waals surface area (Å²) >= 11 is 0. The van der Waals surface area contributed by atoms with E-state index >= 15 is 0 Å². The van der Waals surface area contributed by atoms with Crippen LogP contribution in [-0.4, -0.2) is 40.8 Å². The summed E-state index contributed by atoms with van der Waals surface area (Å²) in [5, 5.41) is 12.9. The molecule has 1 heterocycles. The second-order valence-corrected chi connectivity index (χ2v) is 4.30. The number of carbonyl (C=O) groups is 1. The lowest BCUT2D eigenvalue weighted by atomic mass is 10.1. The average Bonchev–Trinajstić information content (AvgIpc) is 2.64. The second-order valence-electron chi connectivity index (χ2n) is 4.30. The minimum absolute atomic E-state index is 0.205. The van der Waals surface area contributed by atoms with Crippen LogP contribution in [0.15, 0.2) is 10.6 Å². The lowest BCUT2D eigenvalue weighted by Crippen LogP contribution is -2.33. The summed E-state index contributed by atoms with van der Waals surface area (Å²) in [6.07, 6.45) is -0.551. The molecule has 0 saturated carbocycles. The highest BCUT2D eigenvalue weighted by Gasteiger charge is 2.18. The molecule has 0 aromatic carbocycles. The van der Waals surface area contributed by atoms with Gasteiger partial charge in [-0.15, -0.1) is 0 Å². The van der Waals surface area contributed by atoms with Gasteiger partial charge < -0.3 is 14.5 Å². The van der Waals surface area contributed by atoms with Gasteiger partial charge in [0.1, 0.15) is 5.76 Å². The number of likely N-dealkylation sites (N-methyl/N-ethyl adjacent to an activating group) is 1. The number of aliphatic hydroxyl groups excluding tert-OH is 1. The topological polar surface area (TPSA) is 66.6 Å². The maximum Gasteiger partial charge on any atom is 0.275 e. The largest absolute Gasteiger partial charge is 0.392 e. The first-order valence-electron chi connectivity index (χ1n) is 5.32. The van der Waals surface area contributed by atoms with Crippen molar-refractivity contribution in [2.45, 2.75) is 32.8 Å². The fraction of sp³-hybridized carbons (Fsp3) is 0.636. The predicted molar refractivity (Wildman–Crippen MR) is 59.2 cm³/mol. The highest BCUT2D eigenvalue weighted by molar-refractivity contribution is 5.92. The minimum atomic E-state index is -0.551. The van der Waals surface area contributed by atoms with Crippen molar-refractivity contribution in [1.29, 1.82) is 0 Å². The standard InChI is InChI=1S/C11H18N2O3/c1-7(2)10-5-9(12-16-10)11(15)13(4)6-8(3)14/h5,7-8,14H,6H2,1-4H3. The molecule has 1 amide bonds. The van der Waals surface area contributed by atoms with Crippen LogP contribution in [-0.2, 0) is 0 Å². The Hall–Kier alpha value is -1.36. The number of hydrogen-bond acceptors (Lipinski definition) is 4. The smallest absolute Gasteiger partial charge is 0.275 e. The van der Waals surface area contributed by atoms with Gasteiger partial charge in [-0.1, -0.05) is 19.0 Å². The van der Waals surface area contributed by atoms with Crippen molar-refractivity contribution in [3.63, 3.8) is 0 Å². The average molecular weight is 226 g/mol. The van der Waals surface area contributed by atoms with E-state index in [9.17, 15) is 9.90 Å². The van der Waals surface area contributed by atoms with E-state index < -0.39 is 6.10 Å². The van der Waals surface area contributed by atoms with Crippen LogP contribution < -0.4 is 0 Å². The molecular formula is C11H18N2O3. The highest BCUT2D eigenvalue weighted by atomic mass is 16.5. The molecule has 1 aromatic rings. The van der Waals surface area contributed by atoms with E-state index in [2.05, 4.69) is 5.16 Å². The third-order valence-corrected chi connectivity index (χ3v) is 2.20. The summed E-state index contributed by atoms with van der Waals surface area (Å²) in [5.74, 6) is 0.654. The molecule has 5 nitrogen and oxygen atoms in total. The summed E-state index contributed by atoms with van der Waals surface area (Å²) in [6.45, 7) is 5.84. The Morgan fingerprint density at radius 2 is 2.19 bits per heavy atom. The van der Waals surface area contributed by atoms with Gasteiger partial charge in [0.2, 0.25) is 0 Å². The van der Waals surface area contributed by atoms with Crippen LogP contribution in [0.5, 0.6) is 0 Å². The van der Waals surface area contributed by atoms with Crippen molar-refractivity contribution in [2.24, 2.45) is 0 Å². The molecule has 0 aliphatic rings. The van der Waals surface area contributed by atoms with Gasteiger partial charge in [0.25, 0.3) is 5.91 Å². The Morgan fingerprint density at radius 1 is 1.56 bits per heavy atom. The number of aromatic nitrogens is 1. The van der Waals surface area contributed by atoms with Gasteiger partial charge in [-0.3, -0.25) is 4.79 Å². The maximum atomic E-state index is 11.8. The molecule has 5 heteroatoms. The van der Waals surface area contributed by atoms with Crippen LogP contribution in [0.4, 0.5) is 0 Å². The predicted octanol–water partition coefficient (Wildman–Crippen LogP) is 1.25. The Labute approximate surface area is 95.0 Å². The van der Waals surface area contributed by atoms with E-state index in [1.165, 1.54) is 4.90 Å². The minimum Gasteiger partial charge on any atom is -0.392 e. The number of nitrogens with zero attached hydrogens (tertiary/aromatic N) is 2. The number of hydrogen-bond donors (Lipinski definition) is 1. The van der Waals surface area contributed by atoms with Gasteiger partial charge in [-0.05, 0) is 6.92 Å². The first-order chi connectivity index (χ1) is 7.41. The molecule has 1 aromatic heterocycles. The van der Waals surface area contributed by atoms with Gasteiger partial charge in [-0.25, -0.2) is 0 Å². The van der Waals surface area contributed by atoms with E-state index in [-0.39, 0.29) is 24.1 Å². The van der Waals surface area contributed by atoms with Crippen LogP contribution in [0.25, 0.3) is 0 Å². The van der Waals surface area contributed by atoms with E-state index in [4.69, 9.17) is 4.52 Å². The highest BCUT2D eigenvalue weighted by Crippen LogP contribution is 2.15. The number of amides is 1. The molecule has 16 heavy (non-hydrogen) atoms. The number of aliphatic hydroxyl groups is 1. The molecular weight excluding hydrogens is 208 g/mol. The molecule has 0 aliphatic carbocycles. The molecule has 0 fully saturated rings. The van der Waals surface area contributed by atoms with E-state index in [1.807, 2.05) is 13.8 Å². The molecule has 1 rings (SSSR count). The van der Waals surface area contributed by atoms with Gasteiger partial charge in [0, 0.05) is 25.6 Å². The molecule has 0 spiro atoms. The molecule has 0 bridgehead atoms. The third kappa shape index (κ3) is 3.06. The summed E-state index contributed by atoms with van der Waals surface area (Å²) in [6, 6.07) is 1.64. The zero-order valence-electron chi connectivity index (χ0n) is 10.1. The van der Waals surface area contributed by atoms with Gasteiger partial charge in [0.05, 0.1) is 6.10 Å². The summed E-state index contributed by atoms with van der Waals surface area (Å²) in [5.41, 5.74) is 0.284. The van der Waals surface area contributed by atoms with Crippen molar-refractivity contribution < 1.29 is 14.4 Å². The number of carbonyl (C=O) groups excluding carboxylic acids is 1. The Kier molecular flexibility index (Phi) is 4.06.